The summed E-state index contributed by atoms with van der Waals surface area (Å²) >= 11 is 1.32. The summed E-state index contributed by atoms with van der Waals surface area (Å²) in [6.07, 6.45) is 0.733. The molecule has 1 rings (SSSR count). The van der Waals surface area contributed by atoms with Gasteiger partial charge >= 0.3 is 0 Å². The third-order valence-corrected chi connectivity index (χ3v) is 1.90. The van der Waals surface area contributed by atoms with E-state index in [1.807, 2.05) is 6.92 Å². The molecule has 0 spiro atoms. The number of aldehydes is 1. The molecule has 0 saturated heterocycles. The highest BCUT2D eigenvalue weighted by molar-refractivity contribution is 7.11. The largest absolute Gasteiger partial charge is 0.323 e. The zero-order valence-electron chi connectivity index (χ0n) is 5.57. The van der Waals surface area contributed by atoms with Gasteiger partial charge in [0.1, 0.15) is 0 Å². The molecule has 1 aromatic rings. The maximum Gasteiger partial charge on any atom is 0.178 e. The lowest BCUT2D eigenvalue weighted by atomic mass is 10.3. The van der Waals surface area contributed by atoms with Gasteiger partial charge < -0.3 is 5.73 Å². The molecular weight excluding hydrogens is 148 g/mol. The number of nitrogens with zero attached hydrogens (tertiary/aromatic N) is 1. The van der Waals surface area contributed by atoms with Crippen molar-refractivity contribution in [2.24, 2.45) is 5.73 Å². The molecule has 0 aromatic carbocycles. The van der Waals surface area contributed by atoms with Gasteiger partial charge in [0.05, 0.1) is 5.69 Å². The van der Waals surface area contributed by atoms with Gasteiger partial charge in [-0.05, 0) is 6.92 Å². The number of carbonyl (C=O) groups is 1. The predicted octanol–water partition coefficient (Wildman–Crippen LogP) is 0.975. The van der Waals surface area contributed by atoms with Gasteiger partial charge in [-0.3, -0.25) is 4.79 Å². The van der Waals surface area contributed by atoms with E-state index in [0.717, 1.165) is 12.0 Å². The minimum atomic E-state index is -0.0788. The molecule has 4 heteroatoms. The van der Waals surface area contributed by atoms with E-state index in [0.29, 0.717) is 5.01 Å². The molecule has 0 radical (unpaired) electrons. The maximum absolute atomic E-state index is 10.1. The van der Waals surface area contributed by atoms with Crippen molar-refractivity contribution < 1.29 is 4.79 Å². The molecule has 0 bridgehead atoms. The van der Waals surface area contributed by atoms with Gasteiger partial charge in [-0.1, -0.05) is 0 Å². The van der Waals surface area contributed by atoms with Crippen LogP contribution in [0.1, 0.15) is 28.5 Å². The quantitative estimate of drug-likeness (QED) is 0.649. The molecule has 0 fully saturated rings. The summed E-state index contributed by atoms with van der Waals surface area (Å²) in [6, 6.07) is -0.0788. The number of rotatable bonds is 2. The van der Waals surface area contributed by atoms with Crippen LogP contribution in [0.2, 0.25) is 0 Å². The Morgan fingerprint density at radius 1 is 1.90 bits per heavy atom. The third-order valence-electron chi connectivity index (χ3n) is 1.11. The fourth-order valence-electron chi connectivity index (χ4n) is 0.564. The van der Waals surface area contributed by atoms with E-state index in [9.17, 15) is 4.79 Å². The Morgan fingerprint density at radius 3 is 2.90 bits per heavy atom. The van der Waals surface area contributed by atoms with Crippen molar-refractivity contribution in [1.82, 2.24) is 4.98 Å². The van der Waals surface area contributed by atoms with Gasteiger partial charge in [-0.15, -0.1) is 11.3 Å². The van der Waals surface area contributed by atoms with E-state index in [-0.39, 0.29) is 6.04 Å². The molecule has 54 valence electrons. The minimum absolute atomic E-state index is 0.0788. The van der Waals surface area contributed by atoms with E-state index in [1.54, 1.807) is 5.38 Å². The Morgan fingerprint density at radius 2 is 2.60 bits per heavy atom. The lowest BCUT2D eigenvalue weighted by Crippen LogP contribution is -2.04. The SMILES string of the molecule is CC(N)c1csc(C=O)n1. The highest BCUT2D eigenvalue weighted by atomic mass is 32.1. The van der Waals surface area contributed by atoms with Crippen molar-refractivity contribution in [3.05, 3.63) is 16.1 Å². The zero-order chi connectivity index (χ0) is 7.56. The Bertz CT molecular complexity index is 231. The first-order valence-corrected chi connectivity index (χ1v) is 3.78. The number of aromatic nitrogens is 1. The van der Waals surface area contributed by atoms with Gasteiger partial charge in [0, 0.05) is 11.4 Å². The molecule has 1 atom stereocenters. The highest BCUT2D eigenvalue weighted by Gasteiger charge is 2.03. The average molecular weight is 156 g/mol. The van der Waals surface area contributed by atoms with Crippen LogP contribution in [0.4, 0.5) is 0 Å². The molecule has 0 aliphatic heterocycles. The van der Waals surface area contributed by atoms with Crippen LogP contribution in [0.3, 0.4) is 0 Å². The van der Waals surface area contributed by atoms with Crippen LogP contribution in [0.15, 0.2) is 5.38 Å². The predicted molar refractivity (Wildman–Crippen MR) is 40.1 cm³/mol. The van der Waals surface area contributed by atoms with Crippen molar-refractivity contribution >= 4 is 17.6 Å². The Kier molecular flexibility index (Phi) is 2.13. The number of hydrogen-bond acceptors (Lipinski definition) is 4. The summed E-state index contributed by atoms with van der Waals surface area (Å²) in [5.41, 5.74) is 6.29. The van der Waals surface area contributed by atoms with Gasteiger partial charge in [-0.25, -0.2) is 4.98 Å². The van der Waals surface area contributed by atoms with E-state index >= 15 is 0 Å². The molecule has 0 aliphatic carbocycles. The molecule has 1 heterocycles. The lowest BCUT2D eigenvalue weighted by Gasteiger charge is -1.95. The minimum Gasteiger partial charge on any atom is -0.323 e. The van der Waals surface area contributed by atoms with Crippen LogP contribution in [0, 0.1) is 0 Å². The van der Waals surface area contributed by atoms with E-state index in [2.05, 4.69) is 4.98 Å². The van der Waals surface area contributed by atoms with Crippen LogP contribution >= 0.6 is 11.3 Å². The van der Waals surface area contributed by atoms with E-state index in [1.165, 1.54) is 11.3 Å². The number of thiazole rings is 1. The second-order valence-corrected chi connectivity index (χ2v) is 2.91. The van der Waals surface area contributed by atoms with Crippen molar-refractivity contribution in [1.29, 1.82) is 0 Å². The summed E-state index contributed by atoms with van der Waals surface area (Å²) in [7, 11) is 0. The summed E-state index contributed by atoms with van der Waals surface area (Å²) in [4.78, 5) is 14.1. The molecule has 3 nitrogen and oxygen atoms in total. The van der Waals surface area contributed by atoms with Crippen LogP contribution in [-0.2, 0) is 0 Å². The highest BCUT2D eigenvalue weighted by Crippen LogP contribution is 2.12. The van der Waals surface area contributed by atoms with Crippen molar-refractivity contribution in [3.8, 4) is 0 Å². The third kappa shape index (κ3) is 1.40. The summed E-state index contributed by atoms with van der Waals surface area (Å²) < 4.78 is 0. The fourth-order valence-corrected chi connectivity index (χ4v) is 1.29. The molecule has 0 aliphatic rings. The summed E-state index contributed by atoms with van der Waals surface area (Å²) in [5, 5.41) is 2.29. The number of carbonyl (C=O) groups excluding carboxylic acids is 1. The Balaban J connectivity index is 2.88. The topological polar surface area (TPSA) is 56.0 Å². The smallest absolute Gasteiger partial charge is 0.178 e. The van der Waals surface area contributed by atoms with E-state index < -0.39 is 0 Å². The summed E-state index contributed by atoms with van der Waals surface area (Å²) in [5.74, 6) is 0. The first kappa shape index (κ1) is 7.37. The molecule has 1 unspecified atom stereocenters. The summed E-state index contributed by atoms with van der Waals surface area (Å²) in [6.45, 7) is 1.84. The Labute approximate surface area is 62.9 Å². The zero-order valence-corrected chi connectivity index (χ0v) is 6.39. The maximum atomic E-state index is 10.1. The van der Waals surface area contributed by atoms with Crippen LogP contribution in [0.5, 0.6) is 0 Å². The van der Waals surface area contributed by atoms with Crippen LogP contribution < -0.4 is 5.73 Å². The molecule has 2 N–H and O–H groups in total. The van der Waals surface area contributed by atoms with Crippen LogP contribution in [0.25, 0.3) is 0 Å². The fraction of sp³-hybridized carbons (Fsp3) is 0.333. The molecule has 10 heavy (non-hydrogen) atoms. The average Bonchev–Trinajstić information content (AvgIpc) is 2.34. The normalized spacial score (nSPS) is 13.0. The van der Waals surface area contributed by atoms with Gasteiger partial charge in [0.25, 0.3) is 0 Å². The van der Waals surface area contributed by atoms with Crippen molar-refractivity contribution in [3.63, 3.8) is 0 Å². The van der Waals surface area contributed by atoms with Crippen LogP contribution in [-0.4, -0.2) is 11.3 Å². The molecule has 0 saturated carbocycles. The van der Waals surface area contributed by atoms with Crippen molar-refractivity contribution in [2.75, 3.05) is 0 Å². The molecule has 1 aromatic heterocycles. The first-order valence-electron chi connectivity index (χ1n) is 2.90. The lowest BCUT2D eigenvalue weighted by molar-refractivity contribution is 0.112. The number of nitrogens with two attached hydrogens (primary N) is 1. The van der Waals surface area contributed by atoms with Gasteiger partial charge in [0.15, 0.2) is 11.3 Å². The van der Waals surface area contributed by atoms with Gasteiger partial charge in [0.2, 0.25) is 0 Å². The molecular formula is C6H8N2OS. The second kappa shape index (κ2) is 2.90. The number of hydrogen-bond donors (Lipinski definition) is 1. The Hall–Kier alpha value is -0.740. The monoisotopic (exact) mass is 156 g/mol. The van der Waals surface area contributed by atoms with E-state index in [4.69, 9.17) is 5.73 Å². The first-order chi connectivity index (χ1) is 4.74. The standard InChI is InChI=1S/C6H8N2OS/c1-4(7)5-3-10-6(2-9)8-5/h2-4H,7H2,1H3. The second-order valence-electron chi connectivity index (χ2n) is 2.02. The molecule has 0 amide bonds. The van der Waals surface area contributed by atoms with Crippen molar-refractivity contribution in [2.45, 2.75) is 13.0 Å². The van der Waals surface area contributed by atoms with Gasteiger partial charge in [-0.2, -0.15) is 0 Å².